The summed E-state index contributed by atoms with van der Waals surface area (Å²) in [5.41, 5.74) is 5.45. The maximum absolute atomic E-state index is 12.2. The number of nitrogens with one attached hydrogen (secondary N) is 1. The fourth-order valence-corrected chi connectivity index (χ4v) is 3.06. The van der Waals surface area contributed by atoms with Gasteiger partial charge in [-0.2, -0.15) is 0 Å². The summed E-state index contributed by atoms with van der Waals surface area (Å²) in [6.45, 7) is 4.06. The maximum Gasteiger partial charge on any atom is 0.262 e. The van der Waals surface area contributed by atoms with Gasteiger partial charge in [-0.15, -0.1) is 0 Å². The standard InChI is InChI=1S/C24H22N2O3/c1-3-17-5-4-6-20(14-17)28-15-23(27)25-19-10-8-18(9-11-19)24-26-21-13-16(2)7-12-22(21)29-24/h4-14H,3,15H2,1-2H3,(H,25,27). The van der Waals surface area contributed by atoms with E-state index >= 15 is 0 Å². The van der Waals surface area contributed by atoms with Crippen molar-refractivity contribution in [3.05, 3.63) is 77.9 Å². The molecule has 0 aliphatic heterocycles. The number of rotatable bonds is 6. The van der Waals surface area contributed by atoms with Crippen LogP contribution in [0.25, 0.3) is 22.6 Å². The van der Waals surface area contributed by atoms with Crippen LogP contribution in [0.1, 0.15) is 18.1 Å². The van der Waals surface area contributed by atoms with Crippen molar-refractivity contribution >= 4 is 22.7 Å². The molecule has 1 aromatic heterocycles. The quantitative estimate of drug-likeness (QED) is 0.483. The molecular formula is C24H22N2O3. The number of aryl methyl sites for hydroxylation is 2. The number of oxazole rings is 1. The average Bonchev–Trinajstić information content (AvgIpc) is 3.16. The predicted molar refractivity (Wildman–Crippen MR) is 114 cm³/mol. The van der Waals surface area contributed by atoms with Crippen LogP contribution in [0.15, 0.2) is 71.1 Å². The molecule has 5 heteroatoms. The number of nitrogens with zero attached hydrogens (tertiary/aromatic N) is 1. The summed E-state index contributed by atoms with van der Waals surface area (Å²) in [6, 6.07) is 21.1. The van der Waals surface area contributed by atoms with Crippen molar-refractivity contribution in [2.75, 3.05) is 11.9 Å². The first-order chi connectivity index (χ1) is 14.1. The molecule has 0 fully saturated rings. The van der Waals surface area contributed by atoms with E-state index in [1.54, 1.807) is 0 Å². The number of hydrogen-bond donors (Lipinski definition) is 1. The van der Waals surface area contributed by atoms with Crippen LogP contribution < -0.4 is 10.1 Å². The van der Waals surface area contributed by atoms with E-state index in [0.29, 0.717) is 17.3 Å². The highest BCUT2D eigenvalue weighted by molar-refractivity contribution is 5.92. The Hall–Kier alpha value is -3.60. The summed E-state index contributed by atoms with van der Waals surface area (Å²) < 4.78 is 11.4. The molecule has 0 radical (unpaired) electrons. The van der Waals surface area contributed by atoms with E-state index in [1.807, 2.05) is 73.7 Å². The molecule has 29 heavy (non-hydrogen) atoms. The molecule has 146 valence electrons. The molecule has 0 aliphatic carbocycles. The van der Waals surface area contributed by atoms with Crippen LogP contribution >= 0.6 is 0 Å². The Morgan fingerprint density at radius 3 is 2.69 bits per heavy atom. The number of hydrogen-bond acceptors (Lipinski definition) is 4. The van der Waals surface area contributed by atoms with Gasteiger partial charge in [-0.1, -0.05) is 25.1 Å². The third-order valence-corrected chi connectivity index (χ3v) is 4.64. The number of aromatic nitrogens is 1. The van der Waals surface area contributed by atoms with Crippen LogP contribution in [0, 0.1) is 6.92 Å². The summed E-state index contributed by atoms with van der Waals surface area (Å²) in [4.78, 5) is 16.7. The highest BCUT2D eigenvalue weighted by Crippen LogP contribution is 2.26. The molecule has 4 aromatic rings. The van der Waals surface area contributed by atoms with Gasteiger partial charge in [0.15, 0.2) is 12.2 Å². The Balaban J connectivity index is 1.38. The van der Waals surface area contributed by atoms with E-state index in [1.165, 1.54) is 5.56 Å². The summed E-state index contributed by atoms with van der Waals surface area (Å²) in [5, 5.41) is 2.84. The largest absolute Gasteiger partial charge is 0.484 e. The molecule has 0 aliphatic rings. The fourth-order valence-electron chi connectivity index (χ4n) is 3.06. The Kier molecular flexibility index (Phi) is 5.29. The maximum atomic E-state index is 12.2. The molecule has 0 bridgehead atoms. The molecular weight excluding hydrogens is 364 g/mol. The number of anilines is 1. The molecule has 1 N–H and O–H groups in total. The zero-order valence-corrected chi connectivity index (χ0v) is 16.4. The number of ether oxygens (including phenoxy) is 1. The lowest BCUT2D eigenvalue weighted by atomic mass is 10.2. The van der Waals surface area contributed by atoms with Gasteiger partial charge in [0.05, 0.1) is 0 Å². The lowest BCUT2D eigenvalue weighted by Crippen LogP contribution is -2.20. The van der Waals surface area contributed by atoms with Gasteiger partial charge in [0.1, 0.15) is 11.3 Å². The predicted octanol–water partition coefficient (Wildman–Crippen LogP) is 5.38. The van der Waals surface area contributed by atoms with Crippen LogP contribution in [-0.2, 0) is 11.2 Å². The van der Waals surface area contributed by atoms with E-state index in [9.17, 15) is 4.79 Å². The Labute approximate surface area is 169 Å². The van der Waals surface area contributed by atoms with Crippen molar-refractivity contribution in [3.8, 4) is 17.2 Å². The Morgan fingerprint density at radius 1 is 1.07 bits per heavy atom. The molecule has 4 rings (SSSR count). The van der Waals surface area contributed by atoms with E-state index < -0.39 is 0 Å². The zero-order valence-electron chi connectivity index (χ0n) is 16.4. The van der Waals surface area contributed by atoms with Crippen molar-refractivity contribution in [1.29, 1.82) is 0 Å². The minimum atomic E-state index is -0.211. The molecule has 0 spiro atoms. The third kappa shape index (κ3) is 4.46. The van der Waals surface area contributed by atoms with Crippen molar-refractivity contribution in [2.24, 2.45) is 0 Å². The SMILES string of the molecule is CCc1cccc(OCC(=O)Nc2ccc(-c3nc4cc(C)ccc4o3)cc2)c1. The van der Waals surface area contributed by atoms with Crippen LogP contribution in [-0.4, -0.2) is 17.5 Å². The van der Waals surface area contributed by atoms with Crippen LogP contribution in [0.4, 0.5) is 5.69 Å². The van der Waals surface area contributed by atoms with Gasteiger partial charge in [-0.3, -0.25) is 4.79 Å². The van der Waals surface area contributed by atoms with Crippen LogP contribution in [0.3, 0.4) is 0 Å². The van der Waals surface area contributed by atoms with Gasteiger partial charge in [0.25, 0.3) is 5.91 Å². The monoisotopic (exact) mass is 386 g/mol. The van der Waals surface area contributed by atoms with Gasteiger partial charge in [0.2, 0.25) is 5.89 Å². The Morgan fingerprint density at radius 2 is 1.90 bits per heavy atom. The summed E-state index contributed by atoms with van der Waals surface area (Å²) >= 11 is 0. The molecule has 5 nitrogen and oxygen atoms in total. The minimum absolute atomic E-state index is 0.0423. The van der Waals surface area contributed by atoms with E-state index in [4.69, 9.17) is 9.15 Å². The number of carbonyl (C=O) groups is 1. The van der Waals surface area contributed by atoms with Crippen molar-refractivity contribution in [3.63, 3.8) is 0 Å². The number of fused-ring (bicyclic) bond motifs is 1. The zero-order chi connectivity index (χ0) is 20.2. The minimum Gasteiger partial charge on any atom is -0.484 e. The van der Waals surface area contributed by atoms with Gasteiger partial charge in [-0.05, 0) is 73.0 Å². The first kappa shape index (κ1) is 18.7. The fraction of sp³-hybridized carbons (Fsp3) is 0.167. The van der Waals surface area contributed by atoms with E-state index in [2.05, 4.69) is 17.2 Å². The second-order valence-electron chi connectivity index (χ2n) is 6.91. The summed E-state index contributed by atoms with van der Waals surface area (Å²) in [5.74, 6) is 1.04. The first-order valence-electron chi connectivity index (χ1n) is 9.60. The second-order valence-corrected chi connectivity index (χ2v) is 6.91. The molecule has 1 heterocycles. The smallest absolute Gasteiger partial charge is 0.262 e. The molecule has 0 saturated heterocycles. The summed E-state index contributed by atoms with van der Waals surface area (Å²) in [6.07, 6.45) is 0.926. The van der Waals surface area contributed by atoms with E-state index in [-0.39, 0.29) is 12.5 Å². The topological polar surface area (TPSA) is 64.4 Å². The molecule has 0 unspecified atom stereocenters. The lowest BCUT2D eigenvalue weighted by molar-refractivity contribution is -0.118. The highest BCUT2D eigenvalue weighted by Gasteiger charge is 2.09. The van der Waals surface area contributed by atoms with E-state index in [0.717, 1.165) is 28.6 Å². The average molecular weight is 386 g/mol. The first-order valence-corrected chi connectivity index (χ1v) is 9.60. The van der Waals surface area contributed by atoms with Crippen LogP contribution in [0.2, 0.25) is 0 Å². The van der Waals surface area contributed by atoms with Gasteiger partial charge in [0, 0.05) is 11.3 Å². The van der Waals surface area contributed by atoms with Crippen molar-refractivity contribution < 1.29 is 13.9 Å². The third-order valence-electron chi connectivity index (χ3n) is 4.64. The molecule has 0 atom stereocenters. The number of amides is 1. The van der Waals surface area contributed by atoms with Crippen LogP contribution in [0.5, 0.6) is 5.75 Å². The number of benzene rings is 3. The number of carbonyl (C=O) groups excluding carboxylic acids is 1. The normalized spacial score (nSPS) is 10.8. The van der Waals surface area contributed by atoms with Crippen molar-refractivity contribution in [1.82, 2.24) is 4.98 Å². The second kappa shape index (κ2) is 8.19. The van der Waals surface area contributed by atoms with Crippen molar-refractivity contribution in [2.45, 2.75) is 20.3 Å². The lowest BCUT2D eigenvalue weighted by Gasteiger charge is -2.08. The van der Waals surface area contributed by atoms with Gasteiger partial charge in [-0.25, -0.2) is 4.98 Å². The Bertz CT molecular complexity index is 1150. The molecule has 3 aromatic carbocycles. The molecule has 0 saturated carbocycles. The van der Waals surface area contributed by atoms with Gasteiger partial charge >= 0.3 is 0 Å². The summed E-state index contributed by atoms with van der Waals surface area (Å²) in [7, 11) is 0. The van der Waals surface area contributed by atoms with Gasteiger partial charge < -0.3 is 14.5 Å². The highest BCUT2D eigenvalue weighted by atomic mass is 16.5. The molecule has 1 amide bonds.